The molecule has 1 N–H and O–H groups in total. The SMILES string of the molecule is CN1CCN(c2ccc(CC(=O)O)cc2)CC1=O. The first kappa shape index (κ1) is 12.4. The lowest BCUT2D eigenvalue weighted by Crippen LogP contribution is -2.48. The second-order valence-electron chi connectivity index (χ2n) is 4.47. The second kappa shape index (κ2) is 5.08. The van der Waals surface area contributed by atoms with E-state index in [1.165, 1.54) is 0 Å². The summed E-state index contributed by atoms with van der Waals surface area (Å²) in [4.78, 5) is 25.9. The molecule has 0 aliphatic carbocycles. The Bertz CT molecular complexity index is 456. The van der Waals surface area contributed by atoms with Crippen molar-refractivity contribution in [2.45, 2.75) is 6.42 Å². The molecule has 1 aliphatic heterocycles. The van der Waals surface area contributed by atoms with Crippen LogP contribution >= 0.6 is 0 Å². The molecule has 0 saturated carbocycles. The van der Waals surface area contributed by atoms with Gasteiger partial charge in [0, 0.05) is 25.8 Å². The molecular weight excluding hydrogens is 232 g/mol. The van der Waals surface area contributed by atoms with Crippen molar-refractivity contribution in [3.05, 3.63) is 29.8 Å². The molecule has 0 aromatic heterocycles. The van der Waals surface area contributed by atoms with Gasteiger partial charge >= 0.3 is 5.97 Å². The zero-order valence-corrected chi connectivity index (χ0v) is 10.3. The summed E-state index contributed by atoms with van der Waals surface area (Å²) in [5.74, 6) is -0.728. The number of nitrogens with zero attached hydrogens (tertiary/aromatic N) is 2. The van der Waals surface area contributed by atoms with Crippen LogP contribution in [-0.2, 0) is 16.0 Å². The minimum atomic E-state index is -0.836. The van der Waals surface area contributed by atoms with E-state index in [4.69, 9.17) is 5.11 Å². The minimum Gasteiger partial charge on any atom is -0.481 e. The monoisotopic (exact) mass is 248 g/mol. The lowest BCUT2D eigenvalue weighted by Gasteiger charge is -2.33. The second-order valence-corrected chi connectivity index (χ2v) is 4.47. The zero-order chi connectivity index (χ0) is 13.1. The Morgan fingerprint density at radius 3 is 2.50 bits per heavy atom. The molecule has 1 heterocycles. The molecule has 1 aliphatic rings. The highest BCUT2D eigenvalue weighted by Crippen LogP contribution is 2.17. The Balaban J connectivity index is 2.05. The highest BCUT2D eigenvalue weighted by molar-refractivity contribution is 5.82. The summed E-state index contributed by atoms with van der Waals surface area (Å²) in [6.45, 7) is 1.91. The van der Waals surface area contributed by atoms with E-state index >= 15 is 0 Å². The number of carbonyl (C=O) groups excluding carboxylic acids is 1. The smallest absolute Gasteiger partial charge is 0.307 e. The van der Waals surface area contributed by atoms with Crippen LogP contribution in [0.25, 0.3) is 0 Å². The van der Waals surface area contributed by atoms with Crippen molar-refractivity contribution >= 4 is 17.6 Å². The van der Waals surface area contributed by atoms with Crippen LogP contribution < -0.4 is 4.90 Å². The molecule has 0 atom stereocenters. The molecule has 2 rings (SSSR count). The van der Waals surface area contributed by atoms with Crippen molar-refractivity contribution in [3.8, 4) is 0 Å². The van der Waals surface area contributed by atoms with Gasteiger partial charge in [0.25, 0.3) is 0 Å². The summed E-state index contributed by atoms with van der Waals surface area (Å²) in [6.07, 6.45) is 0.0297. The predicted octanol–water partition coefficient (Wildman–Crippen LogP) is 0.592. The third kappa shape index (κ3) is 2.80. The maximum Gasteiger partial charge on any atom is 0.307 e. The largest absolute Gasteiger partial charge is 0.481 e. The van der Waals surface area contributed by atoms with E-state index in [9.17, 15) is 9.59 Å². The molecule has 1 amide bonds. The van der Waals surface area contributed by atoms with E-state index in [0.717, 1.165) is 24.3 Å². The van der Waals surface area contributed by atoms with Gasteiger partial charge in [-0.05, 0) is 17.7 Å². The van der Waals surface area contributed by atoms with Crippen molar-refractivity contribution in [1.29, 1.82) is 0 Å². The number of piperazine rings is 1. The average molecular weight is 248 g/mol. The van der Waals surface area contributed by atoms with Gasteiger partial charge in [0.2, 0.25) is 5.91 Å². The number of amides is 1. The standard InChI is InChI=1S/C13H16N2O3/c1-14-6-7-15(9-12(14)16)11-4-2-10(3-5-11)8-13(17)18/h2-5H,6-9H2,1H3,(H,17,18). The third-order valence-corrected chi connectivity index (χ3v) is 3.11. The normalized spacial score (nSPS) is 15.9. The van der Waals surface area contributed by atoms with Crippen LogP contribution in [0.3, 0.4) is 0 Å². The Kier molecular flexibility index (Phi) is 3.50. The van der Waals surface area contributed by atoms with Crippen molar-refractivity contribution in [2.75, 3.05) is 31.6 Å². The number of hydrogen-bond donors (Lipinski definition) is 1. The summed E-state index contributed by atoms with van der Waals surface area (Å²) < 4.78 is 0. The molecule has 18 heavy (non-hydrogen) atoms. The minimum absolute atomic E-state index is 0.0297. The number of carbonyl (C=O) groups is 2. The van der Waals surface area contributed by atoms with Crippen LogP contribution in [0.2, 0.25) is 0 Å². The number of carboxylic acid groups (broad SMARTS) is 1. The Hall–Kier alpha value is -2.04. The molecule has 1 saturated heterocycles. The van der Waals surface area contributed by atoms with E-state index in [0.29, 0.717) is 6.54 Å². The van der Waals surface area contributed by atoms with E-state index in [1.54, 1.807) is 24.1 Å². The molecular formula is C13H16N2O3. The average Bonchev–Trinajstić information content (AvgIpc) is 2.33. The summed E-state index contributed by atoms with van der Waals surface area (Å²) in [7, 11) is 1.80. The molecule has 1 fully saturated rings. The first-order valence-electron chi connectivity index (χ1n) is 5.86. The molecule has 5 nitrogen and oxygen atoms in total. The van der Waals surface area contributed by atoms with Gasteiger partial charge in [-0.15, -0.1) is 0 Å². The first-order valence-corrected chi connectivity index (χ1v) is 5.86. The molecule has 1 aromatic rings. The van der Waals surface area contributed by atoms with Crippen molar-refractivity contribution in [3.63, 3.8) is 0 Å². The summed E-state index contributed by atoms with van der Waals surface area (Å²) in [5, 5.41) is 8.69. The van der Waals surface area contributed by atoms with Gasteiger partial charge in [0.1, 0.15) is 0 Å². The maximum atomic E-state index is 11.6. The molecule has 5 heteroatoms. The fourth-order valence-corrected chi connectivity index (χ4v) is 1.98. The fraction of sp³-hybridized carbons (Fsp3) is 0.385. The molecule has 96 valence electrons. The van der Waals surface area contributed by atoms with Gasteiger partial charge in [-0.25, -0.2) is 0 Å². The third-order valence-electron chi connectivity index (χ3n) is 3.11. The number of carboxylic acids is 1. The molecule has 1 aromatic carbocycles. The van der Waals surface area contributed by atoms with E-state index in [1.807, 2.05) is 17.0 Å². The lowest BCUT2D eigenvalue weighted by atomic mass is 10.1. The quantitative estimate of drug-likeness (QED) is 0.850. The Morgan fingerprint density at radius 1 is 1.28 bits per heavy atom. The molecule has 0 bridgehead atoms. The van der Waals surface area contributed by atoms with Crippen LogP contribution in [0.1, 0.15) is 5.56 Å². The lowest BCUT2D eigenvalue weighted by molar-refractivity contribution is -0.136. The maximum absolute atomic E-state index is 11.6. The Morgan fingerprint density at radius 2 is 1.94 bits per heavy atom. The summed E-state index contributed by atoms with van der Waals surface area (Å²) in [5.41, 5.74) is 1.73. The van der Waals surface area contributed by atoms with Crippen molar-refractivity contribution in [1.82, 2.24) is 4.90 Å². The van der Waals surface area contributed by atoms with E-state index in [2.05, 4.69) is 0 Å². The summed E-state index contributed by atoms with van der Waals surface area (Å²) >= 11 is 0. The van der Waals surface area contributed by atoms with Gasteiger partial charge < -0.3 is 14.9 Å². The van der Waals surface area contributed by atoms with Crippen LogP contribution in [0.4, 0.5) is 5.69 Å². The van der Waals surface area contributed by atoms with Gasteiger partial charge in [-0.1, -0.05) is 12.1 Å². The summed E-state index contributed by atoms with van der Waals surface area (Å²) in [6, 6.07) is 7.34. The van der Waals surface area contributed by atoms with Gasteiger partial charge in [-0.3, -0.25) is 9.59 Å². The number of likely N-dealkylation sites (N-methyl/N-ethyl adjacent to an activating group) is 1. The van der Waals surface area contributed by atoms with Crippen LogP contribution in [-0.4, -0.2) is 48.6 Å². The highest BCUT2D eigenvalue weighted by Gasteiger charge is 2.20. The van der Waals surface area contributed by atoms with Crippen molar-refractivity contribution in [2.24, 2.45) is 0 Å². The zero-order valence-electron chi connectivity index (χ0n) is 10.3. The van der Waals surface area contributed by atoms with Crippen LogP contribution in [0.15, 0.2) is 24.3 Å². The number of benzene rings is 1. The number of hydrogen-bond acceptors (Lipinski definition) is 3. The first-order chi connectivity index (χ1) is 8.56. The van der Waals surface area contributed by atoms with Crippen LogP contribution in [0, 0.1) is 0 Å². The molecule has 0 radical (unpaired) electrons. The van der Waals surface area contributed by atoms with Crippen molar-refractivity contribution < 1.29 is 14.7 Å². The van der Waals surface area contributed by atoms with E-state index in [-0.39, 0.29) is 12.3 Å². The van der Waals surface area contributed by atoms with Gasteiger partial charge in [0.15, 0.2) is 0 Å². The van der Waals surface area contributed by atoms with E-state index < -0.39 is 5.97 Å². The predicted molar refractivity (Wildman–Crippen MR) is 67.6 cm³/mol. The molecule has 0 unspecified atom stereocenters. The number of anilines is 1. The van der Waals surface area contributed by atoms with Gasteiger partial charge in [0.05, 0.1) is 13.0 Å². The highest BCUT2D eigenvalue weighted by atomic mass is 16.4. The number of aliphatic carboxylic acids is 1. The van der Waals surface area contributed by atoms with Gasteiger partial charge in [-0.2, -0.15) is 0 Å². The number of rotatable bonds is 3. The Labute approximate surface area is 106 Å². The fourth-order valence-electron chi connectivity index (χ4n) is 1.98. The van der Waals surface area contributed by atoms with Crippen LogP contribution in [0.5, 0.6) is 0 Å². The topological polar surface area (TPSA) is 60.9 Å². The molecule has 0 spiro atoms.